The third kappa shape index (κ3) is 4.97. The van der Waals surface area contributed by atoms with Crippen LogP contribution in [0.15, 0.2) is 12.7 Å². The van der Waals surface area contributed by atoms with Crippen LogP contribution in [-0.2, 0) is 9.59 Å². The molecule has 0 aliphatic rings. The van der Waals surface area contributed by atoms with Crippen molar-refractivity contribution < 1.29 is 24.9 Å². The van der Waals surface area contributed by atoms with Crippen LogP contribution in [-0.4, -0.2) is 32.9 Å². The molecule has 0 unspecified atom stereocenters. The molecule has 0 spiro atoms. The lowest BCUT2D eigenvalue weighted by Crippen LogP contribution is -2.33. The minimum absolute atomic E-state index is 0.0500. The SMILES string of the molecule is C=CCC(O)(CC(=O)O)CC(=O)O. The second-order valence-corrected chi connectivity index (χ2v) is 2.86. The zero-order valence-corrected chi connectivity index (χ0v) is 7.06. The van der Waals surface area contributed by atoms with Crippen LogP contribution in [0.25, 0.3) is 0 Å². The van der Waals surface area contributed by atoms with E-state index < -0.39 is 30.4 Å². The summed E-state index contributed by atoms with van der Waals surface area (Å²) in [7, 11) is 0. The molecule has 0 aromatic rings. The summed E-state index contributed by atoms with van der Waals surface area (Å²) < 4.78 is 0. The maximum atomic E-state index is 10.3. The molecule has 0 aliphatic carbocycles. The van der Waals surface area contributed by atoms with Gasteiger partial charge in [-0.3, -0.25) is 9.59 Å². The highest BCUT2D eigenvalue weighted by Crippen LogP contribution is 2.20. The second-order valence-electron chi connectivity index (χ2n) is 2.86. The van der Waals surface area contributed by atoms with E-state index in [9.17, 15) is 14.7 Å². The van der Waals surface area contributed by atoms with E-state index >= 15 is 0 Å². The summed E-state index contributed by atoms with van der Waals surface area (Å²) in [5.41, 5.74) is -1.72. The van der Waals surface area contributed by atoms with Gasteiger partial charge in [0.1, 0.15) is 0 Å². The first kappa shape index (κ1) is 11.6. The van der Waals surface area contributed by atoms with Crippen molar-refractivity contribution in [3.8, 4) is 0 Å². The molecular formula is C8H12O5. The van der Waals surface area contributed by atoms with E-state index in [2.05, 4.69) is 6.58 Å². The standard InChI is InChI=1S/C8H12O5/c1-2-3-8(13,4-6(9)10)5-7(11)12/h2,13H,1,3-5H2,(H,9,10)(H,11,12). The van der Waals surface area contributed by atoms with Crippen molar-refractivity contribution in [3.63, 3.8) is 0 Å². The predicted octanol–water partition coefficient (Wildman–Crippen LogP) is 0.243. The molecule has 5 heteroatoms. The fourth-order valence-corrected chi connectivity index (χ4v) is 1.04. The first-order valence-corrected chi connectivity index (χ1v) is 3.66. The summed E-state index contributed by atoms with van der Waals surface area (Å²) in [5.74, 6) is -2.46. The van der Waals surface area contributed by atoms with Gasteiger partial charge in [-0.25, -0.2) is 0 Å². The third-order valence-corrected chi connectivity index (χ3v) is 1.48. The minimum atomic E-state index is -1.72. The quantitative estimate of drug-likeness (QED) is 0.519. The van der Waals surface area contributed by atoms with Gasteiger partial charge < -0.3 is 15.3 Å². The molecule has 0 amide bonds. The molecule has 0 rings (SSSR count). The van der Waals surface area contributed by atoms with Gasteiger partial charge in [-0.15, -0.1) is 6.58 Å². The molecule has 74 valence electrons. The summed E-state index contributed by atoms with van der Waals surface area (Å²) in [6.45, 7) is 3.31. The van der Waals surface area contributed by atoms with Crippen LogP contribution in [0, 0.1) is 0 Å². The number of aliphatic hydroxyl groups is 1. The van der Waals surface area contributed by atoms with Crippen LogP contribution in [0.2, 0.25) is 0 Å². The Labute approximate surface area is 75.3 Å². The van der Waals surface area contributed by atoms with Crippen molar-refractivity contribution in [2.75, 3.05) is 0 Å². The molecular weight excluding hydrogens is 176 g/mol. The van der Waals surface area contributed by atoms with Gasteiger partial charge in [-0.1, -0.05) is 6.08 Å². The van der Waals surface area contributed by atoms with E-state index in [0.717, 1.165) is 0 Å². The Morgan fingerprint density at radius 3 is 1.85 bits per heavy atom. The van der Waals surface area contributed by atoms with Gasteiger partial charge in [-0.2, -0.15) is 0 Å². The van der Waals surface area contributed by atoms with Gasteiger partial charge in [0, 0.05) is 0 Å². The summed E-state index contributed by atoms with van der Waals surface area (Å²) in [6, 6.07) is 0. The molecule has 0 bridgehead atoms. The topological polar surface area (TPSA) is 94.8 Å². The fourth-order valence-electron chi connectivity index (χ4n) is 1.04. The van der Waals surface area contributed by atoms with Gasteiger partial charge in [0.15, 0.2) is 0 Å². The van der Waals surface area contributed by atoms with Crippen molar-refractivity contribution in [2.45, 2.75) is 24.9 Å². The number of carboxylic acid groups (broad SMARTS) is 2. The van der Waals surface area contributed by atoms with Gasteiger partial charge in [-0.05, 0) is 6.42 Å². The van der Waals surface area contributed by atoms with Crippen molar-refractivity contribution in [3.05, 3.63) is 12.7 Å². The lowest BCUT2D eigenvalue weighted by Gasteiger charge is -2.22. The number of carboxylic acids is 2. The summed E-state index contributed by atoms with van der Waals surface area (Å²) >= 11 is 0. The largest absolute Gasteiger partial charge is 0.481 e. The predicted molar refractivity (Wildman–Crippen MR) is 44.3 cm³/mol. The zero-order chi connectivity index (χ0) is 10.5. The summed E-state index contributed by atoms with van der Waals surface area (Å²) in [5, 5.41) is 26.3. The van der Waals surface area contributed by atoms with Crippen LogP contribution in [0.1, 0.15) is 19.3 Å². The number of carbonyl (C=O) groups is 2. The van der Waals surface area contributed by atoms with Crippen molar-refractivity contribution >= 4 is 11.9 Å². The Morgan fingerprint density at radius 1 is 1.23 bits per heavy atom. The Balaban J connectivity index is 4.40. The van der Waals surface area contributed by atoms with Gasteiger partial charge in [0.25, 0.3) is 0 Å². The maximum absolute atomic E-state index is 10.3. The number of hydrogen-bond donors (Lipinski definition) is 3. The van der Waals surface area contributed by atoms with Crippen LogP contribution < -0.4 is 0 Å². The molecule has 0 saturated heterocycles. The Bertz CT molecular complexity index is 205. The van der Waals surface area contributed by atoms with E-state index in [1.807, 2.05) is 0 Å². The van der Waals surface area contributed by atoms with E-state index in [0.29, 0.717) is 0 Å². The average Bonchev–Trinajstić information content (AvgIpc) is 1.81. The van der Waals surface area contributed by atoms with E-state index in [-0.39, 0.29) is 6.42 Å². The number of aliphatic carboxylic acids is 2. The highest BCUT2D eigenvalue weighted by molar-refractivity contribution is 5.72. The minimum Gasteiger partial charge on any atom is -0.481 e. The van der Waals surface area contributed by atoms with Gasteiger partial charge >= 0.3 is 11.9 Å². The molecule has 0 radical (unpaired) electrons. The molecule has 13 heavy (non-hydrogen) atoms. The van der Waals surface area contributed by atoms with Crippen LogP contribution in [0.4, 0.5) is 0 Å². The third-order valence-electron chi connectivity index (χ3n) is 1.48. The van der Waals surface area contributed by atoms with Crippen LogP contribution in [0.3, 0.4) is 0 Å². The van der Waals surface area contributed by atoms with E-state index in [4.69, 9.17) is 10.2 Å². The normalized spacial score (nSPS) is 10.8. The summed E-state index contributed by atoms with van der Waals surface area (Å²) in [6.07, 6.45) is 0.0636. The molecule has 0 aromatic carbocycles. The molecule has 0 aromatic heterocycles. The van der Waals surface area contributed by atoms with E-state index in [1.54, 1.807) is 0 Å². The average molecular weight is 188 g/mol. The smallest absolute Gasteiger partial charge is 0.306 e. The van der Waals surface area contributed by atoms with Gasteiger partial charge in [0.2, 0.25) is 0 Å². The number of hydrogen-bond acceptors (Lipinski definition) is 3. The lowest BCUT2D eigenvalue weighted by molar-refractivity contribution is -0.148. The fraction of sp³-hybridized carbons (Fsp3) is 0.500. The van der Waals surface area contributed by atoms with Crippen LogP contribution in [0.5, 0.6) is 0 Å². The molecule has 5 nitrogen and oxygen atoms in total. The first-order valence-electron chi connectivity index (χ1n) is 3.66. The Morgan fingerprint density at radius 2 is 1.62 bits per heavy atom. The molecule has 0 fully saturated rings. The Kier molecular flexibility index (Phi) is 4.13. The molecule has 0 heterocycles. The van der Waals surface area contributed by atoms with Crippen molar-refractivity contribution in [1.82, 2.24) is 0 Å². The highest BCUT2D eigenvalue weighted by Gasteiger charge is 2.31. The molecule has 0 aliphatic heterocycles. The van der Waals surface area contributed by atoms with E-state index in [1.165, 1.54) is 6.08 Å². The summed E-state index contributed by atoms with van der Waals surface area (Å²) in [4.78, 5) is 20.6. The second kappa shape index (κ2) is 4.61. The molecule has 3 N–H and O–H groups in total. The number of rotatable bonds is 6. The van der Waals surface area contributed by atoms with Crippen molar-refractivity contribution in [1.29, 1.82) is 0 Å². The first-order chi connectivity index (χ1) is 5.89. The molecule has 0 saturated carbocycles. The maximum Gasteiger partial charge on any atom is 0.306 e. The van der Waals surface area contributed by atoms with Crippen LogP contribution >= 0.6 is 0 Å². The Hall–Kier alpha value is -1.36. The van der Waals surface area contributed by atoms with Crippen molar-refractivity contribution in [2.24, 2.45) is 0 Å². The monoisotopic (exact) mass is 188 g/mol. The van der Waals surface area contributed by atoms with Gasteiger partial charge in [0.05, 0.1) is 18.4 Å². The lowest BCUT2D eigenvalue weighted by atomic mass is 9.92. The molecule has 0 atom stereocenters. The zero-order valence-electron chi connectivity index (χ0n) is 7.06. The highest BCUT2D eigenvalue weighted by atomic mass is 16.4.